The Morgan fingerprint density at radius 1 is 1.26 bits per heavy atom. The van der Waals surface area contributed by atoms with Crippen molar-refractivity contribution in [1.82, 2.24) is 19.2 Å². The van der Waals surface area contributed by atoms with E-state index < -0.39 is 0 Å². The molecule has 0 aliphatic carbocycles. The third-order valence-electron chi connectivity index (χ3n) is 3.03. The average molecular weight is 274 g/mol. The fourth-order valence-electron chi connectivity index (χ4n) is 2.10. The SMILES string of the molecule is CCCSc1nnc2n(C)c(=O)c3ccccc3n12. The van der Waals surface area contributed by atoms with Crippen LogP contribution in [0.5, 0.6) is 0 Å². The molecule has 0 unspecified atom stereocenters. The topological polar surface area (TPSA) is 52.2 Å². The first-order valence-electron chi connectivity index (χ1n) is 6.19. The standard InChI is InChI=1S/C13H14N4OS/c1-3-8-19-13-15-14-12-16(2)11(18)9-6-4-5-7-10(9)17(12)13/h4-7H,3,8H2,1-2H3. The summed E-state index contributed by atoms with van der Waals surface area (Å²) in [6.07, 6.45) is 1.07. The molecule has 0 aliphatic heterocycles. The van der Waals surface area contributed by atoms with Gasteiger partial charge in [0, 0.05) is 12.8 Å². The molecule has 0 atom stereocenters. The van der Waals surface area contributed by atoms with Crippen LogP contribution in [-0.2, 0) is 7.05 Å². The molecular formula is C13H14N4OS. The first kappa shape index (κ1) is 12.2. The lowest BCUT2D eigenvalue weighted by Crippen LogP contribution is -2.20. The van der Waals surface area contributed by atoms with Gasteiger partial charge in [-0.05, 0) is 18.6 Å². The molecule has 0 spiro atoms. The van der Waals surface area contributed by atoms with Gasteiger partial charge in [-0.3, -0.25) is 13.8 Å². The highest BCUT2D eigenvalue weighted by atomic mass is 32.2. The molecule has 0 saturated carbocycles. The van der Waals surface area contributed by atoms with Gasteiger partial charge in [0.25, 0.3) is 5.56 Å². The Morgan fingerprint density at radius 2 is 2.05 bits per heavy atom. The second-order valence-corrected chi connectivity index (χ2v) is 5.41. The predicted molar refractivity (Wildman–Crippen MR) is 76.7 cm³/mol. The van der Waals surface area contributed by atoms with E-state index in [1.807, 2.05) is 28.7 Å². The maximum atomic E-state index is 12.2. The maximum Gasteiger partial charge on any atom is 0.262 e. The molecule has 2 aromatic heterocycles. The number of aromatic nitrogens is 4. The summed E-state index contributed by atoms with van der Waals surface area (Å²) in [6.45, 7) is 2.13. The van der Waals surface area contributed by atoms with Crippen LogP contribution in [-0.4, -0.2) is 24.9 Å². The van der Waals surface area contributed by atoms with E-state index in [0.29, 0.717) is 11.2 Å². The number of hydrogen-bond acceptors (Lipinski definition) is 4. The Labute approximate surface area is 114 Å². The highest BCUT2D eigenvalue weighted by Crippen LogP contribution is 2.21. The molecule has 1 aromatic carbocycles. The van der Waals surface area contributed by atoms with Crippen LogP contribution < -0.4 is 5.56 Å². The summed E-state index contributed by atoms with van der Waals surface area (Å²) in [5.41, 5.74) is 0.826. The van der Waals surface area contributed by atoms with Gasteiger partial charge in [0.1, 0.15) is 0 Å². The molecule has 3 aromatic rings. The second-order valence-electron chi connectivity index (χ2n) is 4.35. The summed E-state index contributed by atoms with van der Waals surface area (Å²) in [5.74, 6) is 1.57. The van der Waals surface area contributed by atoms with Crippen molar-refractivity contribution in [2.75, 3.05) is 5.75 Å². The smallest absolute Gasteiger partial charge is 0.262 e. The van der Waals surface area contributed by atoms with Crippen LogP contribution in [0.15, 0.2) is 34.2 Å². The summed E-state index contributed by atoms with van der Waals surface area (Å²) < 4.78 is 3.50. The van der Waals surface area contributed by atoms with Gasteiger partial charge < -0.3 is 0 Å². The lowest BCUT2D eigenvalue weighted by molar-refractivity contribution is 0.853. The molecule has 0 amide bonds. The van der Waals surface area contributed by atoms with Gasteiger partial charge >= 0.3 is 0 Å². The van der Waals surface area contributed by atoms with Gasteiger partial charge in [0.2, 0.25) is 5.78 Å². The third kappa shape index (κ3) is 1.83. The van der Waals surface area contributed by atoms with Gasteiger partial charge in [-0.1, -0.05) is 30.8 Å². The molecular weight excluding hydrogens is 260 g/mol. The molecule has 0 bridgehead atoms. The fourth-order valence-corrected chi connectivity index (χ4v) is 2.89. The number of aryl methyl sites for hydroxylation is 1. The molecule has 3 rings (SSSR count). The summed E-state index contributed by atoms with van der Waals surface area (Å²) in [5, 5.41) is 9.87. The largest absolute Gasteiger partial charge is 0.279 e. The van der Waals surface area contributed by atoms with Gasteiger partial charge in [-0.2, -0.15) is 0 Å². The van der Waals surface area contributed by atoms with E-state index in [9.17, 15) is 4.79 Å². The van der Waals surface area contributed by atoms with Crippen LogP contribution in [0.3, 0.4) is 0 Å². The van der Waals surface area contributed by atoms with Crippen molar-refractivity contribution in [2.45, 2.75) is 18.5 Å². The highest BCUT2D eigenvalue weighted by Gasteiger charge is 2.14. The third-order valence-corrected chi connectivity index (χ3v) is 4.17. The zero-order valence-corrected chi connectivity index (χ0v) is 11.6. The molecule has 0 fully saturated rings. The number of benzene rings is 1. The summed E-state index contributed by atoms with van der Waals surface area (Å²) in [7, 11) is 1.73. The van der Waals surface area contributed by atoms with Crippen molar-refractivity contribution in [3.05, 3.63) is 34.6 Å². The van der Waals surface area contributed by atoms with Crippen molar-refractivity contribution in [3.8, 4) is 0 Å². The maximum absolute atomic E-state index is 12.2. The normalized spacial score (nSPS) is 11.5. The number of nitrogens with zero attached hydrogens (tertiary/aromatic N) is 4. The Balaban J connectivity index is 2.42. The number of hydrogen-bond donors (Lipinski definition) is 0. The molecule has 19 heavy (non-hydrogen) atoms. The molecule has 5 nitrogen and oxygen atoms in total. The average Bonchev–Trinajstić information content (AvgIpc) is 2.86. The minimum absolute atomic E-state index is 0.0393. The second kappa shape index (κ2) is 4.70. The van der Waals surface area contributed by atoms with Crippen LogP contribution in [0.4, 0.5) is 0 Å². The van der Waals surface area contributed by atoms with Gasteiger partial charge in [0.05, 0.1) is 10.9 Å². The molecule has 2 heterocycles. The first-order valence-corrected chi connectivity index (χ1v) is 7.18. The Morgan fingerprint density at radius 3 is 2.84 bits per heavy atom. The molecule has 98 valence electrons. The number of para-hydroxylation sites is 1. The summed E-state index contributed by atoms with van der Waals surface area (Å²) >= 11 is 1.66. The van der Waals surface area contributed by atoms with Crippen molar-refractivity contribution < 1.29 is 0 Å². The summed E-state index contributed by atoms with van der Waals surface area (Å²) in [4.78, 5) is 12.2. The lowest BCUT2D eigenvalue weighted by atomic mass is 10.2. The Bertz CT molecular complexity index is 805. The van der Waals surface area contributed by atoms with Crippen molar-refractivity contribution in [1.29, 1.82) is 0 Å². The van der Waals surface area contributed by atoms with Crippen LogP contribution in [0.1, 0.15) is 13.3 Å². The molecule has 0 aliphatic rings. The Kier molecular flexibility index (Phi) is 3.02. The lowest BCUT2D eigenvalue weighted by Gasteiger charge is -2.06. The predicted octanol–water partition coefficient (Wildman–Crippen LogP) is 2.08. The summed E-state index contributed by atoms with van der Waals surface area (Å²) in [6, 6.07) is 7.57. The fraction of sp³-hybridized carbons (Fsp3) is 0.308. The molecule has 0 radical (unpaired) electrons. The van der Waals surface area contributed by atoms with E-state index in [1.165, 1.54) is 0 Å². The van der Waals surface area contributed by atoms with E-state index in [0.717, 1.165) is 22.8 Å². The quantitative estimate of drug-likeness (QED) is 0.686. The van der Waals surface area contributed by atoms with E-state index in [4.69, 9.17) is 0 Å². The van der Waals surface area contributed by atoms with E-state index >= 15 is 0 Å². The van der Waals surface area contributed by atoms with E-state index in [2.05, 4.69) is 17.1 Å². The van der Waals surface area contributed by atoms with E-state index in [1.54, 1.807) is 23.4 Å². The van der Waals surface area contributed by atoms with Crippen molar-refractivity contribution in [3.63, 3.8) is 0 Å². The van der Waals surface area contributed by atoms with Crippen LogP contribution in [0.25, 0.3) is 16.7 Å². The van der Waals surface area contributed by atoms with Gasteiger partial charge in [0.15, 0.2) is 5.16 Å². The van der Waals surface area contributed by atoms with Crippen molar-refractivity contribution in [2.24, 2.45) is 7.05 Å². The van der Waals surface area contributed by atoms with E-state index in [-0.39, 0.29) is 5.56 Å². The molecule has 0 N–H and O–H groups in total. The number of thioether (sulfide) groups is 1. The number of fused-ring (bicyclic) bond motifs is 3. The number of rotatable bonds is 3. The van der Waals surface area contributed by atoms with Crippen LogP contribution >= 0.6 is 11.8 Å². The Hall–Kier alpha value is -1.82. The zero-order chi connectivity index (χ0) is 13.4. The zero-order valence-electron chi connectivity index (χ0n) is 10.8. The minimum atomic E-state index is -0.0393. The minimum Gasteiger partial charge on any atom is -0.279 e. The van der Waals surface area contributed by atoms with Gasteiger partial charge in [-0.15, -0.1) is 10.2 Å². The van der Waals surface area contributed by atoms with Crippen LogP contribution in [0, 0.1) is 0 Å². The molecule has 0 saturated heterocycles. The van der Waals surface area contributed by atoms with Gasteiger partial charge in [-0.25, -0.2) is 0 Å². The monoisotopic (exact) mass is 274 g/mol. The van der Waals surface area contributed by atoms with Crippen molar-refractivity contribution >= 4 is 28.4 Å². The highest BCUT2D eigenvalue weighted by molar-refractivity contribution is 7.99. The van der Waals surface area contributed by atoms with Crippen LogP contribution in [0.2, 0.25) is 0 Å². The first-order chi connectivity index (χ1) is 9.24. The molecule has 6 heteroatoms.